The van der Waals surface area contributed by atoms with Crippen LogP contribution in [0.1, 0.15) is 22.3 Å². The number of aromatic nitrogens is 2. The van der Waals surface area contributed by atoms with Gasteiger partial charge in [0.05, 0.1) is 0 Å². The Labute approximate surface area is 148 Å². The van der Waals surface area contributed by atoms with Gasteiger partial charge in [-0.15, -0.1) is 0 Å². The molecular formula is C21H22N4. The first-order chi connectivity index (χ1) is 12.2. The number of rotatable bonds is 3. The van der Waals surface area contributed by atoms with Gasteiger partial charge in [-0.05, 0) is 42.5 Å². The average Bonchev–Trinajstić information content (AvgIpc) is 2.65. The van der Waals surface area contributed by atoms with Crippen molar-refractivity contribution in [1.29, 1.82) is 0 Å². The van der Waals surface area contributed by atoms with E-state index in [4.69, 9.17) is 0 Å². The maximum absolute atomic E-state index is 4.50. The molecule has 0 aliphatic carbocycles. The first-order valence-corrected chi connectivity index (χ1v) is 8.68. The monoisotopic (exact) mass is 330 g/mol. The van der Waals surface area contributed by atoms with E-state index in [-0.39, 0.29) is 0 Å². The van der Waals surface area contributed by atoms with Crippen molar-refractivity contribution < 1.29 is 0 Å². The summed E-state index contributed by atoms with van der Waals surface area (Å²) in [6.45, 7) is 6.10. The zero-order chi connectivity index (χ0) is 17.2. The van der Waals surface area contributed by atoms with Gasteiger partial charge in [0.2, 0.25) is 0 Å². The van der Waals surface area contributed by atoms with Gasteiger partial charge in [-0.25, -0.2) is 9.97 Å². The van der Waals surface area contributed by atoms with Crippen LogP contribution in [0, 0.1) is 13.8 Å². The third-order valence-corrected chi connectivity index (χ3v) is 4.84. The molecule has 0 saturated heterocycles. The molecule has 0 spiro atoms. The van der Waals surface area contributed by atoms with Crippen molar-refractivity contribution in [1.82, 2.24) is 9.97 Å². The Hall–Kier alpha value is -2.88. The van der Waals surface area contributed by atoms with E-state index in [1.165, 1.54) is 22.3 Å². The van der Waals surface area contributed by atoms with Crippen LogP contribution in [-0.4, -0.2) is 16.5 Å². The maximum atomic E-state index is 4.50. The standard InChI is InChI=1S/C21H22N4/c1-15-6-5-7-16(2)21(15)24-19-12-20(23-14-22-19)25-11-10-17-8-3-4-9-18(17)13-25/h3-9,12,14H,10-11,13H2,1-2H3,(H,22,23,24). The van der Waals surface area contributed by atoms with Gasteiger partial charge in [0, 0.05) is 24.8 Å². The predicted octanol–water partition coefficient (Wildman–Crippen LogP) is 4.40. The molecule has 0 fully saturated rings. The SMILES string of the molecule is Cc1cccc(C)c1Nc1cc(N2CCc3ccccc3C2)ncn1. The predicted molar refractivity (Wildman–Crippen MR) is 102 cm³/mol. The minimum Gasteiger partial charge on any atom is -0.352 e. The second-order valence-electron chi connectivity index (χ2n) is 6.59. The largest absolute Gasteiger partial charge is 0.352 e. The van der Waals surface area contributed by atoms with Gasteiger partial charge in [0.25, 0.3) is 0 Å². The van der Waals surface area contributed by atoms with Crippen LogP contribution in [-0.2, 0) is 13.0 Å². The highest BCUT2D eigenvalue weighted by atomic mass is 15.2. The smallest absolute Gasteiger partial charge is 0.135 e. The van der Waals surface area contributed by atoms with Crippen LogP contribution in [0.4, 0.5) is 17.3 Å². The van der Waals surface area contributed by atoms with Gasteiger partial charge in [-0.2, -0.15) is 0 Å². The molecule has 3 aromatic rings. The highest BCUT2D eigenvalue weighted by molar-refractivity contribution is 5.66. The highest BCUT2D eigenvalue weighted by Crippen LogP contribution is 2.27. The molecule has 0 saturated carbocycles. The fourth-order valence-corrected chi connectivity index (χ4v) is 3.42. The molecule has 0 unspecified atom stereocenters. The van der Waals surface area contributed by atoms with E-state index in [0.717, 1.165) is 36.8 Å². The second kappa shape index (κ2) is 6.55. The summed E-state index contributed by atoms with van der Waals surface area (Å²) in [5.41, 5.74) is 6.38. The Bertz CT molecular complexity index is 884. The summed E-state index contributed by atoms with van der Waals surface area (Å²) in [5.74, 6) is 1.81. The molecular weight excluding hydrogens is 308 g/mol. The molecule has 1 N–H and O–H groups in total. The quantitative estimate of drug-likeness (QED) is 0.773. The first kappa shape index (κ1) is 15.6. The number of para-hydroxylation sites is 1. The molecule has 4 nitrogen and oxygen atoms in total. The van der Waals surface area contributed by atoms with Crippen molar-refractivity contribution in [3.63, 3.8) is 0 Å². The third-order valence-electron chi connectivity index (χ3n) is 4.84. The molecule has 2 aromatic carbocycles. The number of fused-ring (bicyclic) bond motifs is 1. The average molecular weight is 330 g/mol. The molecule has 1 aliphatic heterocycles. The van der Waals surface area contributed by atoms with Crippen LogP contribution in [0.25, 0.3) is 0 Å². The Morgan fingerprint density at radius 3 is 2.48 bits per heavy atom. The van der Waals surface area contributed by atoms with Gasteiger partial charge in [0.15, 0.2) is 0 Å². The summed E-state index contributed by atoms with van der Waals surface area (Å²) >= 11 is 0. The molecule has 0 amide bonds. The molecule has 126 valence electrons. The van der Waals surface area contributed by atoms with E-state index >= 15 is 0 Å². The molecule has 25 heavy (non-hydrogen) atoms. The molecule has 0 bridgehead atoms. The van der Waals surface area contributed by atoms with Gasteiger partial charge in [0.1, 0.15) is 18.0 Å². The first-order valence-electron chi connectivity index (χ1n) is 8.68. The van der Waals surface area contributed by atoms with E-state index in [2.05, 4.69) is 76.5 Å². The number of anilines is 3. The van der Waals surface area contributed by atoms with Crippen LogP contribution in [0.5, 0.6) is 0 Å². The summed E-state index contributed by atoms with van der Waals surface area (Å²) in [6, 6.07) is 17.0. The molecule has 4 heteroatoms. The molecule has 0 radical (unpaired) electrons. The molecule has 1 aliphatic rings. The van der Waals surface area contributed by atoms with E-state index < -0.39 is 0 Å². The lowest BCUT2D eigenvalue weighted by Gasteiger charge is -2.29. The number of aryl methyl sites for hydroxylation is 2. The third kappa shape index (κ3) is 3.20. The summed E-state index contributed by atoms with van der Waals surface area (Å²) in [5, 5.41) is 3.46. The number of nitrogens with zero attached hydrogens (tertiary/aromatic N) is 3. The number of benzene rings is 2. The summed E-state index contributed by atoms with van der Waals surface area (Å²) in [6.07, 6.45) is 2.70. The summed E-state index contributed by atoms with van der Waals surface area (Å²) in [7, 11) is 0. The lowest BCUT2D eigenvalue weighted by atomic mass is 10.00. The van der Waals surface area contributed by atoms with Crippen LogP contribution in [0.15, 0.2) is 54.9 Å². The topological polar surface area (TPSA) is 41.0 Å². The zero-order valence-electron chi connectivity index (χ0n) is 14.7. The van der Waals surface area contributed by atoms with Crippen LogP contribution >= 0.6 is 0 Å². The van der Waals surface area contributed by atoms with Gasteiger partial charge >= 0.3 is 0 Å². The number of hydrogen-bond donors (Lipinski definition) is 1. The van der Waals surface area contributed by atoms with Crippen molar-refractivity contribution in [2.45, 2.75) is 26.8 Å². The van der Waals surface area contributed by atoms with Crippen molar-refractivity contribution >= 4 is 17.3 Å². The normalized spacial score (nSPS) is 13.4. The highest BCUT2D eigenvalue weighted by Gasteiger charge is 2.17. The number of hydrogen-bond acceptors (Lipinski definition) is 4. The second-order valence-corrected chi connectivity index (χ2v) is 6.59. The van der Waals surface area contributed by atoms with E-state index in [9.17, 15) is 0 Å². The molecule has 0 atom stereocenters. The van der Waals surface area contributed by atoms with Crippen LogP contribution in [0.2, 0.25) is 0 Å². The molecule has 1 aromatic heterocycles. The molecule has 4 rings (SSSR count). The van der Waals surface area contributed by atoms with Crippen LogP contribution in [0.3, 0.4) is 0 Å². The van der Waals surface area contributed by atoms with Crippen molar-refractivity contribution in [2.24, 2.45) is 0 Å². The van der Waals surface area contributed by atoms with Gasteiger partial charge < -0.3 is 10.2 Å². The maximum Gasteiger partial charge on any atom is 0.135 e. The van der Waals surface area contributed by atoms with E-state index in [1.54, 1.807) is 6.33 Å². The molecule has 2 heterocycles. The van der Waals surface area contributed by atoms with Crippen molar-refractivity contribution in [3.05, 3.63) is 77.1 Å². The lowest BCUT2D eigenvalue weighted by Crippen LogP contribution is -2.31. The Morgan fingerprint density at radius 2 is 1.68 bits per heavy atom. The Morgan fingerprint density at radius 1 is 0.920 bits per heavy atom. The minimum absolute atomic E-state index is 0.834. The van der Waals surface area contributed by atoms with E-state index in [1.807, 2.05) is 6.07 Å². The van der Waals surface area contributed by atoms with Gasteiger partial charge in [-0.1, -0.05) is 42.5 Å². The Kier molecular flexibility index (Phi) is 4.10. The fourth-order valence-electron chi connectivity index (χ4n) is 3.42. The summed E-state index contributed by atoms with van der Waals surface area (Å²) in [4.78, 5) is 11.2. The Balaban J connectivity index is 1.58. The van der Waals surface area contributed by atoms with Crippen molar-refractivity contribution in [3.8, 4) is 0 Å². The summed E-state index contributed by atoms with van der Waals surface area (Å²) < 4.78 is 0. The zero-order valence-corrected chi connectivity index (χ0v) is 14.7. The van der Waals surface area contributed by atoms with Crippen LogP contribution < -0.4 is 10.2 Å². The number of nitrogens with one attached hydrogen (secondary N) is 1. The minimum atomic E-state index is 0.834. The fraction of sp³-hybridized carbons (Fsp3) is 0.238. The van der Waals surface area contributed by atoms with Gasteiger partial charge in [-0.3, -0.25) is 0 Å². The van der Waals surface area contributed by atoms with E-state index in [0.29, 0.717) is 0 Å². The lowest BCUT2D eigenvalue weighted by molar-refractivity contribution is 0.719. The van der Waals surface area contributed by atoms with Crippen molar-refractivity contribution in [2.75, 3.05) is 16.8 Å².